The lowest BCUT2D eigenvalue weighted by Crippen LogP contribution is -2.44. The quantitative estimate of drug-likeness (QED) is 0.150. The summed E-state index contributed by atoms with van der Waals surface area (Å²) < 4.78 is 5.77. The Balaban J connectivity index is 1.45. The third kappa shape index (κ3) is 9.85. The Bertz CT molecular complexity index is 1430. The maximum atomic E-state index is 13.9. The number of nitrogens with zero attached hydrogens (tertiary/aromatic N) is 2. The fourth-order valence-corrected chi connectivity index (χ4v) is 5.32. The van der Waals surface area contributed by atoms with Gasteiger partial charge in [0.1, 0.15) is 18.5 Å². The van der Waals surface area contributed by atoms with E-state index in [1.165, 1.54) is 16.5 Å². The number of aliphatic hydroxyl groups excluding tert-OH is 1. The van der Waals surface area contributed by atoms with Crippen LogP contribution in [-0.4, -0.2) is 64.7 Å². The molecule has 0 radical (unpaired) electrons. The Morgan fingerprint density at radius 3 is 2.42 bits per heavy atom. The van der Waals surface area contributed by atoms with Crippen LogP contribution in [0.1, 0.15) is 57.2 Å². The lowest BCUT2D eigenvalue weighted by molar-refractivity contribution is -0.133. The SMILES string of the molecule is CCCCN(CC(=O)N(CCc1c[nH]c2ccccc12)Cc1ccc(C(C)(C)C)cc1)CC(O)COc1ccc(Cl)cc1. The Labute approximate surface area is 261 Å². The van der Waals surface area contributed by atoms with Crippen molar-refractivity contribution in [1.29, 1.82) is 0 Å². The van der Waals surface area contributed by atoms with Crippen molar-refractivity contribution in [1.82, 2.24) is 14.8 Å². The fraction of sp³-hybridized carbons (Fsp3) is 0.417. The van der Waals surface area contributed by atoms with Crippen LogP contribution in [-0.2, 0) is 23.2 Å². The van der Waals surface area contributed by atoms with E-state index in [9.17, 15) is 9.90 Å². The molecule has 43 heavy (non-hydrogen) atoms. The Hall–Kier alpha value is -3.32. The zero-order valence-electron chi connectivity index (χ0n) is 26.0. The van der Waals surface area contributed by atoms with E-state index in [1.54, 1.807) is 24.3 Å². The summed E-state index contributed by atoms with van der Waals surface area (Å²) >= 11 is 5.97. The highest BCUT2D eigenvalue weighted by Gasteiger charge is 2.21. The summed E-state index contributed by atoms with van der Waals surface area (Å²) in [5.41, 5.74) is 4.76. The van der Waals surface area contributed by atoms with Crippen LogP contribution >= 0.6 is 11.6 Å². The van der Waals surface area contributed by atoms with Gasteiger partial charge in [-0.2, -0.15) is 0 Å². The van der Waals surface area contributed by atoms with Crippen molar-refractivity contribution in [3.8, 4) is 5.75 Å². The lowest BCUT2D eigenvalue weighted by atomic mass is 9.87. The minimum Gasteiger partial charge on any atom is -0.491 e. The van der Waals surface area contributed by atoms with Gasteiger partial charge in [0, 0.05) is 41.8 Å². The van der Waals surface area contributed by atoms with Crippen LogP contribution in [0.3, 0.4) is 0 Å². The number of hydrogen-bond donors (Lipinski definition) is 2. The van der Waals surface area contributed by atoms with Crippen molar-refractivity contribution in [3.05, 3.63) is 101 Å². The van der Waals surface area contributed by atoms with Crippen LogP contribution < -0.4 is 4.74 Å². The molecule has 1 unspecified atom stereocenters. The lowest BCUT2D eigenvalue weighted by Gasteiger charge is -2.29. The monoisotopic (exact) mass is 603 g/mol. The number of unbranched alkanes of at least 4 members (excludes halogenated alkanes) is 1. The van der Waals surface area contributed by atoms with Crippen LogP contribution in [0, 0.1) is 0 Å². The zero-order valence-corrected chi connectivity index (χ0v) is 26.7. The van der Waals surface area contributed by atoms with Crippen molar-refractivity contribution >= 4 is 28.4 Å². The molecule has 4 aromatic rings. The first kappa shape index (κ1) is 32.6. The van der Waals surface area contributed by atoms with Crippen molar-refractivity contribution in [2.45, 2.75) is 65.0 Å². The van der Waals surface area contributed by atoms with E-state index in [-0.39, 0.29) is 24.5 Å². The van der Waals surface area contributed by atoms with Crippen molar-refractivity contribution in [3.63, 3.8) is 0 Å². The average molecular weight is 604 g/mol. The van der Waals surface area contributed by atoms with E-state index < -0.39 is 6.10 Å². The predicted octanol–water partition coefficient (Wildman–Crippen LogP) is 7.23. The molecule has 230 valence electrons. The molecule has 0 aliphatic carbocycles. The smallest absolute Gasteiger partial charge is 0.237 e. The van der Waals surface area contributed by atoms with Gasteiger partial charge in [0.25, 0.3) is 0 Å². The molecule has 0 saturated carbocycles. The fourth-order valence-electron chi connectivity index (χ4n) is 5.20. The number of benzene rings is 3. The minimum absolute atomic E-state index is 0.0571. The second-order valence-electron chi connectivity index (χ2n) is 12.4. The largest absolute Gasteiger partial charge is 0.491 e. The van der Waals surface area contributed by atoms with E-state index >= 15 is 0 Å². The molecule has 2 N–H and O–H groups in total. The van der Waals surface area contributed by atoms with Gasteiger partial charge in [-0.3, -0.25) is 9.69 Å². The van der Waals surface area contributed by atoms with Crippen LogP contribution in [0.5, 0.6) is 5.75 Å². The molecule has 3 aromatic carbocycles. The molecule has 1 atom stereocenters. The molecule has 7 heteroatoms. The summed E-state index contributed by atoms with van der Waals surface area (Å²) in [6.45, 7) is 11.4. The summed E-state index contributed by atoms with van der Waals surface area (Å²) in [4.78, 5) is 21.3. The van der Waals surface area contributed by atoms with E-state index in [2.05, 4.69) is 80.2 Å². The predicted molar refractivity (Wildman–Crippen MR) is 177 cm³/mol. The standard InChI is InChI=1S/C36H46ClN3O3/c1-5-6-20-39(24-31(41)26-43-32-17-15-30(37)16-18-32)25-35(42)40(23-27-11-13-29(14-12-27)36(2,3)4)21-19-28-22-38-34-10-8-7-9-33(28)34/h7-18,22,31,38,41H,5-6,19-21,23-26H2,1-4H3. The van der Waals surface area contributed by atoms with Gasteiger partial charge in [-0.15, -0.1) is 0 Å². The number of ether oxygens (including phenoxy) is 1. The number of nitrogens with one attached hydrogen (secondary N) is 1. The van der Waals surface area contributed by atoms with Crippen molar-refractivity contribution < 1.29 is 14.6 Å². The topological polar surface area (TPSA) is 68.8 Å². The van der Waals surface area contributed by atoms with Crippen LogP contribution in [0.2, 0.25) is 5.02 Å². The maximum absolute atomic E-state index is 13.9. The second-order valence-corrected chi connectivity index (χ2v) is 12.8. The van der Waals surface area contributed by atoms with E-state index in [4.69, 9.17) is 16.3 Å². The number of para-hydroxylation sites is 1. The number of rotatable bonds is 15. The van der Waals surface area contributed by atoms with Gasteiger partial charge in [-0.05, 0) is 71.8 Å². The number of aromatic amines is 1. The summed E-state index contributed by atoms with van der Waals surface area (Å²) in [6, 6.07) is 24.0. The number of carbonyl (C=O) groups excluding carboxylic acids is 1. The first-order valence-electron chi connectivity index (χ1n) is 15.3. The Morgan fingerprint density at radius 2 is 1.72 bits per heavy atom. The van der Waals surface area contributed by atoms with Crippen LogP contribution in [0.15, 0.2) is 79.0 Å². The molecular formula is C36H46ClN3O3. The molecule has 0 saturated heterocycles. The molecule has 0 spiro atoms. The molecule has 0 fully saturated rings. The molecule has 0 aliphatic heterocycles. The van der Waals surface area contributed by atoms with Gasteiger partial charge in [-0.25, -0.2) is 0 Å². The van der Waals surface area contributed by atoms with Crippen LogP contribution in [0.4, 0.5) is 0 Å². The number of amides is 1. The van der Waals surface area contributed by atoms with Gasteiger partial charge in [0.05, 0.1) is 6.54 Å². The van der Waals surface area contributed by atoms with Crippen LogP contribution in [0.25, 0.3) is 10.9 Å². The van der Waals surface area contributed by atoms with Crippen molar-refractivity contribution in [2.24, 2.45) is 0 Å². The van der Waals surface area contributed by atoms with E-state index in [0.29, 0.717) is 30.4 Å². The summed E-state index contributed by atoms with van der Waals surface area (Å²) in [6.07, 6.45) is 4.02. The van der Waals surface area contributed by atoms with Gasteiger partial charge in [0.2, 0.25) is 5.91 Å². The third-order valence-electron chi connectivity index (χ3n) is 7.78. The van der Waals surface area contributed by atoms with Gasteiger partial charge >= 0.3 is 0 Å². The van der Waals surface area contributed by atoms with Crippen molar-refractivity contribution in [2.75, 3.05) is 32.8 Å². The zero-order chi connectivity index (χ0) is 30.8. The van der Waals surface area contributed by atoms with E-state index in [1.807, 2.05) is 17.0 Å². The number of aliphatic hydroxyl groups is 1. The number of H-pyrrole nitrogens is 1. The highest BCUT2D eigenvalue weighted by atomic mass is 35.5. The molecule has 1 amide bonds. The number of carbonyl (C=O) groups is 1. The minimum atomic E-state index is -0.732. The molecule has 4 rings (SSSR count). The molecule has 0 aliphatic rings. The third-order valence-corrected chi connectivity index (χ3v) is 8.04. The molecule has 6 nitrogen and oxygen atoms in total. The Kier molecular flexibility index (Phi) is 11.7. The summed E-state index contributed by atoms with van der Waals surface area (Å²) in [7, 11) is 0. The van der Waals surface area contributed by atoms with E-state index in [0.717, 1.165) is 36.9 Å². The van der Waals surface area contributed by atoms with Gasteiger partial charge in [0.15, 0.2) is 0 Å². The van der Waals surface area contributed by atoms with Gasteiger partial charge < -0.3 is 19.7 Å². The summed E-state index contributed by atoms with van der Waals surface area (Å²) in [5.74, 6) is 0.710. The van der Waals surface area contributed by atoms with Gasteiger partial charge in [-0.1, -0.05) is 88.2 Å². The number of hydrogen-bond acceptors (Lipinski definition) is 4. The molecule has 1 heterocycles. The molecule has 0 bridgehead atoms. The highest BCUT2D eigenvalue weighted by Crippen LogP contribution is 2.23. The maximum Gasteiger partial charge on any atom is 0.237 e. The Morgan fingerprint density at radius 1 is 1.00 bits per heavy atom. The normalized spacial score (nSPS) is 12.5. The summed E-state index contributed by atoms with van der Waals surface area (Å²) in [5, 5.41) is 12.6. The average Bonchev–Trinajstić information content (AvgIpc) is 3.40. The molecular weight excluding hydrogens is 558 g/mol. The first-order valence-corrected chi connectivity index (χ1v) is 15.7. The number of aromatic nitrogens is 1. The number of fused-ring (bicyclic) bond motifs is 1. The second kappa shape index (κ2) is 15.4. The highest BCUT2D eigenvalue weighted by molar-refractivity contribution is 6.30. The number of halogens is 1. The molecule has 1 aromatic heterocycles. The first-order chi connectivity index (χ1) is 20.6.